The molecule has 0 radical (unpaired) electrons. The fraction of sp³-hybridized carbons (Fsp3) is 0.154. The van der Waals surface area contributed by atoms with E-state index in [2.05, 4.69) is 15.3 Å². The van der Waals surface area contributed by atoms with E-state index in [4.69, 9.17) is 28.6 Å². The van der Waals surface area contributed by atoms with E-state index in [1.54, 1.807) is 29.6 Å². The van der Waals surface area contributed by atoms with E-state index in [9.17, 15) is 0 Å². The topological polar surface area (TPSA) is 60.7 Å². The van der Waals surface area contributed by atoms with Gasteiger partial charge in [0.15, 0.2) is 10.6 Å². The number of halogens is 1. The molecule has 0 atom stereocenters. The Kier molecular flexibility index (Phi) is 3.52. The Morgan fingerprint density at radius 2 is 2.10 bits per heavy atom. The third-order valence-corrected chi connectivity index (χ3v) is 3.54. The third-order valence-electron chi connectivity index (χ3n) is 2.99. The molecule has 2 heterocycles. The van der Waals surface area contributed by atoms with Gasteiger partial charge >= 0.3 is 0 Å². The van der Waals surface area contributed by atoms with Gasteiger partial charge in [-0.25, -0.2) is 0 Å². The fourth-order valence-electron chi connectivity index (χ4n) is 2.10. The van der Waals surface area contributed by atoms with E-state index in [1.165, 1.54) is 0 Å². The van der Waals surface area contributed by atoms with Gasteiger partial charge in [-0.2, -0.15) is 10.2 Å². The number of aryl methyl sites for hydroxylation is 1. The van der Waals surface area contributed by atoms with Gasteiger partial charge in [-0.05, 0) is 24.4 Å². The van der Waals surface area contributed by atoms with Crippen LogP contribution in [-0.4, -0.2) is 31.7 Å². The Morgan fingerprint density at radius 1 is 1.33 bits per heavy atom. The van der Waals surface area contributed by atoms with Crippen LogP contribution in [0.1, 0.15) is 0 Å². The molecule has 0 amide bonds. The molecule has 8 heteroatoms. The molecule has 2 aromatic heterocycles. The third kappa shape index (κ3) is 2.34. The van der Waals surface area contributed by atoms with Crippen LogP contribution < -0.4 is 4.74 Å². The molecular formula is C13H12ClN5OS. The number of nitrogens with zero attached hydrogens (tertiary/aromatic N) is 4. The molecule has 0 aliphatic rings. The zero-order valence-corrected chi connectivity index (χ0v) is 12.9. The summed E-state index contributed by atoms with van der Waals surface area (Å²) in [6.07, 6.45) is 1.71. The minimum atomic E-state index is 0.441. The van der Waals surface area contributed by atoms with E-state index in [1.807, 2.05) is 24.3 Å². The second-order valence-electron chi connectivity index (χ2n) is 4.36. The number of methoxy groups -OCH3 is 1. The highest BCUT2D eigenvalue weighted by Gasteiger charge is 2.18. The number of benzene rings is 1. The van der Waals surface area contributed by atoms with Gasteiger partial charge in [0.25, 0.3) is 0 Å². The molecule has 21 heavy (non-hydrogen) atoms. The highest BCUT2D eigenvalue weighted by atomic mass is 35.5. The number of para-hydroxylation sites is 2. The summed E-state index contributed by atoms with van der Waals surface area (Å²) in [4.78, 5) is 0. The number of hydrogen-bond acceptors (Lipinski definition) is 4. The molecule has 3 aromatic rings. The minimum Gasteiger partial charge on any atom is -0.495 e. The predicted octanol–water partition coefficient (Wildman–Crippen LogP) is 2.99. The average molecular weight is 322 g/mol. The molecule has 0 unspecified atom stereocenters. The molecule has 3 rings (SSSR count). The number of aromatic amines is 1. The van der Waals surface area contributed by atoms with Crippen molar-refractivity contribution in [3.05, 3.63) is 40.3 Å². The monoisotopic (exact) mass is 321 g/mol. The summed E-state index contributed by atoms with van der Waals surface area (Å²) in [7, 11) is 3.40. The highest BCUT2D eigenvalue weighted by molar-refractivity contribution is 7.71. The van der Waals surface area contributed by atoms with Crippen LogP contribution in [-0.2, 0) is 7.05 Å². The summed E-state index contributed by atoms with van der Waals surface area (Å²) in [6, 6.07) is 7.54. The normalized spacial score (nSPS) is 10.8. The lowest BCUT2D eigenvalue weighted by atomic mass is 10.3. The predicted molar refractivity (Wildman–Crippen MR) is 82.5 cm³/mol. The quantitative estimate of drug-likeness (QED) is 0.753. The molecule has 0 bridgehead atoms. The van der Waals surface area contributed by atoms with Crippen LogP contribution in [0.5, 0.6) is 5.75 Å². The Morgan fingerprint density at radius 3 is 2.76 bits per heavy atom. The Bertz CT molecular complexity index is 850. The summed E-state index contributed by atoms with van der Waals surface area (Å²) in [6.45, 7) is 0. The Labute approximate surface area is 130 Å². The number of hydrogen-bond donors (Lipinski definition) is 1. The molecule has 0 saturated carbocycles. The first-order valence-corrected chi connectivity index (χ1v) is 6.90. The van der Waals surface area contributed by atoms with Gasteiger partial charge in [0.05, 0.1) is 17.8 Å². The van der Waals surface area contributed by atoms with Crippen molar-refractivity contribution >= 4 is 23.8 Å². The van der Waals surface area contributed by atoms with Crippen molar-refractivity contribution in [2.24, 2.45) is 7.05 Å². The van der Waals surface area contributed by atoms with Crippen molar-refractivity contribution in [1.82, 2.24) is 24.5 Å². The summed E-state index contributed by atoms with van der Waals surface area (Å²) in [5.74, 6) is 1.22. The van der Waals surface area contributed by atoms with Crippen molar-refractivity contribution in [3.8, 4) is 23.0 Å². The van der Waals surface area contributed by atoms with Gasteiger partial charge in [0.1, 0.15) is 11.4 Å². The van der Waals surface area contributed by atoms with E-state index >= 15 is 0 Å². The van der Waals surface area contributed by atoms with Crippen LogP contribution in [0.4, 0.5) is 0 Å². The molecular weight excluding hydrogens is 310 g/mol. The smallest absolute Gasteiger partial charge is 0.200 e. The Balaban J connectivity index is 2.27. The molecule has 108 valence electrons. The number of aromatic nitrogens is 5. The molecule has 6 nitrogen and oxygen atoms in total. The molecule has 0 aliphatic heterocycles. The molecule has 0 fully saturated rings. The Hall–Kier alpha value is -2.12. The van der Waals surface area contributed by atoms with Crippen LogP contribution in [0.2, 0.25) is 5.02 Å². The van der Waals surface area contributed by atoms with Crippen LogP contribution >= 0.6 is 23.8 Å². The summed E-state index contributed by atoms with van der Waals surface area (Å²) in [5.41, 5.74) is 1.33. The maximum Gasteiger partial charge on any atom is 0.200 e. The van der Waals surface area contributed by atoms with Gasteiger partial charge in [0, 0.05) is 13.2 Å². The number of nitrogens with one attached hydrogen (secondary N) is 1. The van der Waals surface area contributed by atoms with Crippen LogP contribution in [0.15, 0.2) is 30.5 Å². The van der Waals surface area contributed by atoms with Crippen molar-refractivity contribution in [2.45, 2.75) is 0 Å². The van der Waals surface area contributed by atoms with Crippen molar-refractivity contribution in [3.63, 3.8) is 0 Å². The van der Waals surface area contributed by atoms with Gasteiger partial charge < -0.3 is 4.74 Å². The van der Waals surface area contributed by atoms with Crippen LogP contribution in [0, 0.1) is 4.77 Å². The highest BCUT2D eigenvalue weighted by Crippen LogP contribution is 2.30. The number of rotatable bonds is 3. The van der Waals surface area contributed by atoms with Gasteiger partial charge in [-0.15, -0.1) is 0 Å². The number of H-pyrrole nitrogens is 1. The van der Waals surface area contributed by atoms with E-state index < -0.39 is 0 Å². The molecule has 0 saturated heterocycles. The molecule has 0 aliphatic carbocycles. The standard InChI is InChI=1S/C13H12ClN5OS/c1-18-7-8(14)11(17-18)12-15-16-13(21)19(12)9-5-3-4-6-10(9)20-2/h3-7H,1-2H3,(H,16,21). The molecule has 1 N–H and O–H groups in total. The first-order chi connectivity index (χ1) is 10.1. The maximum atomic E-state index is 6.21. The fourth-order valence-corrected chi connectivity index (χ4v) is 2.60. The summed E-state index contributed by atoms with van der Waals surface area (Å²) in [5, 5.41) is 11.8. The number of ether oxygens (including phenoxy) is 1. The van der Waals surface area contributed by atoms with Crippen molar-refractivity contribution in [2.75, 3.05) is 7.11 Å². The van der Waals surface area contributed by atoms with E-state index in [0.717, 1.165) is 5.69 Å². The van der Waals surface area contributed by atoms with Gasteiger partial charge in [-0.1, -0.05) is 23.7 Å². The zero-order valence-electron chi connectivity index (χ0n) is 11.4. The average Bonchev–Trinajstić information content (AvgIpc) is 3.01. The van der Waals surface area contributed by atoms with Crippen molar-refractivity contribution < 1.29 is 4.74 Å². The minimum absolute atomic E-state index is 0.441. The zero-order chi connectivity index (χ0) is 15.0. The second-order valence-corrected chi connectivity index (χ2v) is 5.15. The lowest BCUT2D eigenvalue weighted by molar-refractivity contribution is 0.413. The second kappa shape index (κ2) is 5.34. The summed E-state index contributed by atoms with van der Waals surface area (Å²) >= 11 is 11.5. The molecule has 0 spiro atoms. The summed E-state index contributed by atoms with van der Waals surface area (Å²) < 4.78 is 9.20. The first kappa shape index (κ1) is 13.8. The lowest BCUT2D eigenvalue weighted by Gasteiger charge is -2.10. The van der Waals surface area contributed by atoms with Gasteiger partial charge in [0.2, 0.25) is 0 Å². The SMILES string of the molecule is COc1ccccc1-n1c(-c2nn(C)cc2Cl)n[nH]c1=S. The van der Waals surface area contributed by atoms with E-state index in [-0.39, 0.29) is 0 Å². The lowest BCUT2D eigenvalue weighted by Crippen LogP contribution is -2.01. The largest absolute Gasteiger partial charge is 0.495 e. The maximum absolute atomic E-state index is 6.21. The van der Waals surface area contributed by atoms with E-state index in [0.29, 0.717) is 27.1 Å². The van der Waals surface area contributed by atoms with Crippen LogP contribution in [0.25, 0.3) is 17.2 Å². The first-order valence-electron chi connectivity index (χ1n) is 6.12. The molecule has 1 aromatic carbocycles. The van der Waals surface area contributed by atoms with Crippen LogP contribution in [0.3, 0.4) is 0 Å². The van der Waals surface area contributed by atoms with Crippen molar-refractivity contribution in [1.29, 1.82) is 0 Å². The van der Waals surface area contributed by atoms with Gasteiger partial charge in [-0.3, -0.25) is 14.3 Å².